The molecule has 0 spiro atoms. The standard InChI is InChI=1S/C12H15N3O3/c16-11(17)5-9-1-2-10(7-14-9)15-12(18)8-3-4-13-6-8/h1-2,7-8,13H,3-6H2,(H,15,18)(H,16,17). The molecule has 0 aliphatic carbocycles. The lowest BCUT2D eigenvalue weighted by molar-refractivity contribution is -0.136. The summed E-state index contributed by atoms with van der Waals surface area (Å²) in [4.78, 5) is 26.3. The number of carbonyl (C=O) groups is 2. The topological polar surface area (TPSA) is 91.3 Å². The van der Waals surface area contributed by atoms with Crippen LogP contribution >= 0.6 is 0 Å². The average molecular weight is 249 g/mol. The van der Waals surface area contributed by atoms with E-state index in [-0.39, 0.29) is 18.2 Å². The van der Waals surface area contributed by atoms with Crippen LogP contribution in [0, 0.1) is 5.92 Å². The molecule has 18 heavy (non-hydrogen) atoms. The quantitative estimate of drug-likeness (QED) is 0.711. The number of hydrogen-bond donors (Lipinski definition) is 3. The summed E-state index contributed by atoms with van der Waals surface area (Å²) in [5.74, 6) is -0.937. The van der Waals surface area contributed by atoms with Crippen molar-refractivity contribution in [2.45, 2.75) is 12.8 Å². The fourth-order valence-electron chi connectivity index (χ4n) is 1.88. The fraction of sp³-hybridized carbons (Fsp3) is 0.417. The van der Waals surface area contributed by atoms with Crippen molar-refractivity contribution < 1.29 is 14.7 Å². The Morgan fingerprint density at radius 1 is 1.50 bits per heavy atom. The molecule has 1 saturated heterocycles. The number of hydrogen-bond acceptors (Lipinski definition) is 4. The molecule has 0 bridgehead atoms. The van der Waals surface area contributed by atoms with Gasteiger partial charge in [0.25, 0.3) is 0 Å². The van der Waals surface area contributed by atoms with Crippen LogP contribution in [0.4, 0.5) is 5.69 Å². The highest BCUT2D eigenvalue weighted by atomic mass is 16.4. The SMILES string of the molecule is O=C(O)Cc1ccc(NC(=O)C2CCNC2)cn1. The van der Waals surface area contributed by atoms with Crippen LogP contribution in [-0.2, 0) is 16.0 Å². The first-order valence-corrected chi connectivity index (χ1v) is 5.83. The molecule has 2 heterocycles. The number of anilines is 1. The van der Waals surface area contributed by atoms with Gasteiger partial charge in [-0.15, -0.1) is 0 Å². The molecule has 1 unspecified atom stereocenters. The van der Waals surface area contributed by atoms with Crippen molar-refractivity contribution in [3.8, 4) is 0 Å². The number of nitrogens with one attached hydrogen (secondary N) is 2. The number of amides is 1. The van der Waals surface area contributed by atoms with Gasteiger partial charge in [0.15, 0.2) is 0 Å². The summed E-state index contributed by atoms with van der Waals surface area (Å²) in [6.07, 6.45) is 2.22. The number of carbonyl (C=O) groups excluding carboxylic acids is 1. The first-order valence-electron chi connectivity index (χ1n) is 5.83. The van der Waals surface area contributed by atoms with Crippen molar-refractivity contribution in [3.63, 3.8) is 0 Å². The minimum absolute atomic E-state index is 0.00342. The molecular formula is C12H15N3O3. The molecule has 1 aliphatic rings. The lowest BCUT2D eigenvalue weighted by Gasteiger charge is -2.09. The van der Waals surface area contributed by atoms with Crippen LogP contribution in [0.2, 0.25) is 0 Å². The van der Waals surface area contributed by atoms with E-state index in [1.54, 1.807) is 12.1 Å². The van der Waals surface area contributed by atoms with E-state index in [2.05, 4.69) is 15.6 Å². The molecular weight excluding hydrogens is 234 g/mol. The van der Waals surface area contributed by atoms with Gasteiger partial charge in [0.1, 0.15) is 0 Å². The molecule has 96 valence electrons. The van der Waals surface area contributed by atoms with Crippen LogP contribution in [0.15, 0.2) is 18.3 Å². The van der Waals surface area contributed by atoms with E-state index in [9.17, 15) is 9.59 Å². The first kappa shape index (κ1) is 12.5. The zero-order chi connectivity index (χ0) is 13.0. The van der Waals surface area contributed by atoms with Gasteiger partial charge in [0.05, 0.1) is 29.9 Å². The van der Waals surface area contributed by atoms with Crippen LogP contribution in [0.25, 0.3) is 0 Å². The minimum Gasteiger partial charge on any atom is -0.481 e. The van der Waals surface area contributed by atoms with Gasteiger partial charge < -0.3 is 15.7 Å². The maximum atomic E-state index is 11.8. The third kappa shape index (κ3) is 3.27. The molecule has 2 rings (SSSR count). The smallest absolute Gasteiger partial charge is 0.309 e. The summed E-state index contributed by atoms with van der Waals surface area (Å²) >= 11 is 0. The molecule has 1 aliphatic heterocycles. The van der Waals surface area contributed by atoms with Gasteiger partial charge in [0.2, 0.25) is 5.91 Å². The lowest BCUT2D eigenvalue weighted by Crippen LogP contribution is -2.24. The van der Waals surface area contributed by atoms with Crippen molar-refractivity contribution in [1.29, 1.82) is 0 Å². The maximum Gasteiger partial charge on any atom is 0.309 e. The van der Waals surface area contributed by atoms with Crippen molar-refractivity contribution in [2.75, 3.05) is 18.4 Å². The zero-order valence-electron chi connectivity index (χ0n) is 9.85. The van der Waals surface area contributed by atoms with Gasteiger partial charge in [-0.1, -0.05) is 0 Å². The van der Waals surface area contributed by atoms with Crippen molar-refractivity contribution >= 4 is 17.6 Å². The molecule has 0 radical (unpaired) electrons. The van der Waals surface area contributed by atoms with Gasteiger partial charge in [-0.3, -0.25) is 14.6 Å². The average Bonchev–Trinajstić information content (AvgIpc) is 2.84. The number of aromatic nitrogens is 1. The molecule has 6 heteroatoms. The molecule has 1 atom stereocenters. The highest BCUT2D eigenvalue weighted by molar-refractivity contribution is 5.92. The maximum absolute atomic E-state index is 11.8. The summed E-state index contributed by atoms with van der Waals surface area (Å²) in [7, 11) is 0. The van der Waals surface area contributed by atoms with Crippen LogP contribution < -0.4 is 10.6 Å². The van der Waals surface area contributed by atoms with Gasteiger partial charge in [-0.05, 0) is 25.1 Å². The molecule has 1 fully saturated rings. The predicted molar refractivity (Wildman–Crippen MR) is 65.2 cm³/mol. The second kappa shape index (κ2) is 5.59. The number of aliphatic carboxylic acids is 1. The fourth-order valence-corrected chi connectivity index (χ4v) is 1.88. The van der Waals surface area contributed by atoms with E-state index >= 15 is 0 Å². The summed E-state index contributed by atoms with van der Waals surface area (Å²) in [5, 5.41) is 14.5. The number of nitrogens with zero attached hydrogens (tertiary/aromatic N) is 1. The molecule has 3 N–H and O–H groups in total. The Balaban J connectivity index is 1.93. The van der Waals surface area contributed by atoms with E-state index in [0.29, 0.717) is 17.9 Å². The molecule has 0 saturated carbocycles. The van der Waals surface area contributed by atoms with Gasteiger partial charge in [-0.25, -0.2) is 0 Å². The number of carboxylic acids is 1. The third-order valence-electron chi connectivity index (χ3n) is 2.86. The summed E-state index contributed by atoms with van der Waals surface area (Å²) in [6.45, 7) is 1.57. The Hall–Kier alpha value is -1.95. The highest BCUT2D eigenvalue weighted by Gasteiger charge is 2.22. The minimum atomic E-state index is -0.920. The number of rotatable bonds is 4. The largest absolute Gasteiger partial charge is 0.481 e. The Morgan fingerprint density at radius 2 is 2.33 bits per heavy atom. The summed E-state index contributed by atoms with van der Waals surface area (Å²) < 4.78 is 0. The van der Waals surface area contributed by atoms with E-state index < -0.39 is 5.97 Å². The van der Waals surface area contributed by atoms with Crippen molar-refractivity contribution in [1.82, 2.24) is 10.3 Å². The lowest BCUT2D eigenvalue weighted by atomic mass is 10.1. The second-order valence-corrected chi connectivity index (χ2v) is 4.29. The second-order valence-electron chi connectivity index (χ2n) is 4.29. The monoisotopic (exact) mass is 249 g/mol. The van der Waals surface area contributed by atoms with Crippen LogP contribution in [-0.4, -0.2) is 35.1 Å². The number of pyridine rings is 1. The molecule has 0 aromatic carbocycles. The normalized spacial score (nSPS) is 18.6. The Kier molecular flexibility index (Phi) is 3.88. The van der Waals surface area contributed by atoms with Crippen LogP contribution in [0.1, 0.15) is 12.1 Å². The number of carboxylic acid groups (broad SMARTS) is 1. The molecule has 1 aromatic rings. The zero-order valence-corrected chi connectivity index (χ0v) is 9.85. The molecule has 1 amide bonds. The van der Waals surface area contributed by atoms with Gasteiger partial charge in [-0.2, -0.15) is 0 Å². The molecule has 1 aromatic heterocycles. The van der Waals surface area contributed by atoms with E-state index in [0.717, 1.165) is 13.0 Å². The van der Waals surface area contributed by atoms with Crippen molar-refractivity contribution in [3.05, 3.63) is 24.0 Å². The van der Waals surface area contributed by atoms with Crippen LogP contribution in [0.3, 0.4) is 0 Å². The van der Waals surface area contributed by atoms with Gasteiger partial charge in [0, 0.05) is 6.54 Å². The summed E-state index contributed by atoms with van der Waals surface area (Å²) in [5.41, 5.74) is 1.07. The Labute approximate surface area is 104 Å². The third-order valence-corrected chi connectivity index (χ3v) is 2.86. The Morgan fingerprint density at radius 3 is 2.89 bits per heavy atom. The highest BCUT2D eigenvalue weighted by Crippen LogP contribution is 2.12. The van der Waals surface area contributed by atoms with E-state index in [4.69, 9.17) is 5.11 Å². The van der Waals surface area contributed by atoms with Crippen molar-refractivity contribution in [2.24, 2.45) is 5.92 Å². The Bertz CT molecular complexity index is 438. The van der Waals surface area contributed by atoms with Gasteiger partial charge >= 0.3 is 5.97 Å². The molecule has 6 nitrogen and oxygen atoms in total. The first-order chi connectivity index (χ1) is 8.65. The summed E-state index contributed by atoms with van der Waals surface area (Å²) in [6, 6.07) is 3.28. The predicted octanol–water partition coefficient (Wildman–Crippen LogP) is 0.257. The van der Waals surface area contributed by atoms with Crippen LogP contribution in [0.5, 0.6) is 0 Å². The van der Waals surface area contributed by atoms with E-state index in [1.165, 1.54) is 6.20 Å². The van der Waals surface area contributed by atoms with E-state index in [1.807, 2.05) is 0 Å².